The van der Waals surface area contributed by atoms with Crippen LogP contribution < -0.4 is 5.32 Å². The maximum Gasteiger partial charge on any atom is 0.252 e. The van der Waals surface area contributed by atoms with Crippen LogP contribution >= 0.6 is 34.8 Å². The van der Waals surface area contributed by atoms with Crippen molar-refractivity contribution in [1.29, 1.82) is 0 Å². The molecule has 0 saturated heterocycles. The van der Waals surface area contributed by atoms with E-state index in [2.05, 4.69) is 15.5 Å². The second-order valence-corrected chi connectivity index (χ2v) is 5.87. The molecule has 0 fully saturated rings. The number of rotatable bonds is 5. The zero-order valence-corrected chi connectivity index (χ0v) is 14.3. The fourth-order valence-corrected chi connectivity index (χ4v) is 2.93. The first-order chi connectivity index (χ1) is 10.0. The highest BCUT2D eigenvalue weighted by atomic mass is 127. The Balaban J connectivity index is 1.97. The van der Waals surface area contributed by atoms with Gasteiger partial charge in [-0.1, -0.05) is 0 Å². The molecule has 8 heteroatoms. The Kier molecular flexibility index (Phi) is 5.45. The van der Waals surface area contributed by atoms with Gasteiger partial charge in [0.1, 0.15) is 11.6 Å². The van der Waals surface area contributed by atoms with Crippen molar-refractivity contribution in [3.8, 4) is 0 Å². The molecule has 112 valence electrons. The Hall–Kier alpha value is -1.29. The zero-order chi connectivity index (χ0) is 15.4. The van der Waals surface area contributed by atoms with Gasteiger partial charge in [-0.05, 0) is 59.9 Å². The molecule has 21 heavy (non-hydrogen) atoms. The number of carbonyl (C=O) groups excluding carboxylic acids is 1. The quantitative estimate of drug-likeness (QED) is 0.578. The van der Waals surface area contributed by atoms with E-state index in [1.807, 2.05) is 34.1 Å². The average Bonchev–Trinajstić information content (AvgIpc) is 2.79. The van der Waals surface area contributed by atoms with E-state index >= 15 is 0 Å². The highest BCUT2D eigenvalue weighted by Gasteiger charge is 2.11. The largest absolute Gasteiger partial charge is 0.352 e. The lowest BCUT2D eigenvalue weighted by molar-refractivity contribution is 0.0953. The van der Waals surface area contributed by atoms with Gasteiger partial charge in [0.05, 0.1) is 5.56 Å². The number of carbonyl (C=O) groups is 1. The van der Waals surface area contributed by atoms with E-state index in [-0.39, 0.29) is 11.7 Å². The third-order valence-corrected chi connectivity index (χ3v) is 4.17. The second kappa shape index (κ2) is 7.12. The van der Waals surface area contributed by atoms with E-state index in [1.165, 1.54) is 18.2 Å². The number of aromatic amines is 1. The molecule has 0 atom stereocenters. The molecule has 0 bridgehead atoms. The molecule has 5 nitrogen and oxygen atoms in total. The van der Waals surface area contributed by atoms with Crippen LogP contribution in [0, 0.1) is 14.2 Å². The van der Waals surface area contributed by atoms with Gasteiger partial charge in [-0.15, -0.1) is 0 Å². The van der Waals surface area contributed by atoms with Gasteiger partial charge in [0.25, 0.3) is 5.91 Å². The van der Waals surface area contributed by atoms with Crippen molar-refractivity contribution < 1.29 is 9.18 Å². The normalized spacial score (nSPS) is 10.6. The van der Waals surface area contributed by atoms with E-state index in [9.17, 15) is 9.18 Å². The smallest absolute Gasteiger partial charge is 0.252 e. The van der Waals surface area contributed by atoms with Crippen molar-refractivity contribution in [3.05, 3.63) is 43.7 Å². The molecule has 1 aromatic heterocycles. The molecule has 0 aliphatic heterocycles. The molecule has 1 heterocycles. The summed E-state index contributed by atoms with van der Waals surface area (Å²) >= 11 is 7.04. The molecule has 2 N–H and O–H groups in total. The van der Waals surface area contributed by atoms with Crippen molar-refractivity contribution in [3.63, 3.8) is 0 Å². The van der Waals surface area contributed by atoms with Crippen LogP contribution in [0.15, 0.2) is 18.2 Å². The Morgan fingerprint density at radius 2 is 2.33 bits per heavy atom. The van der Waals surface area contributed by atoms with E-state index in [4.69, 9.17) is 12.2 Å². The molecular formula is C13H14FIN4OS. The van der Waals surface area contributed by atoms with Gasteiger partial charge in [0.2, 0.25) is 0 Å². The summed E-state index contributed by atoms with van der Waals surface area (Å²) in [5, 5.41) is 9.66. The van der Waals surface area contributed by atoms with E-state index < -0.39 is 0 Å². The minimum absolute atomic E-state index is 0.225. The molecule has 0 unspecified atom stereocenters. The first-order valence-corrected chi connectivity index (χ1v) is 7.89. The lowest BCUT2D eigenvalue weighted by Crippen LogP contribution is -2.27. The van der Waals surface area contributed by atoms with Gasteiger partial charge < -0.3 is 9.88 Å². The van der Waals surface area contributed by atoms with Crippen LogP contribution in [0.4, 0.5) is 4.39 Å². The van der Waals surface area contributed by atoms with Crippen molar-refractivity contribution in [2.24, 2.45) is 0 Å². The number of benzene rings is 1. The average molecular weight is 420 g/mol. The molecule has 0 spiro atoms. The van der Waals surface area contributed by atoms with Crippen LogP contribution in [0.2, 0.25) is 0 Å². The van der Waals surface area contributed by atoms with Crippen molar-refractivity contribution in [1.82, 2.24) is 20.1 Å². The molecule has 0 saturated carbocycles. The number of halogens is 2. The molecule has 1 amide bonds. The molecule has 0 aliphatic rings. The summed E-state index contributed by atoms with van der Waals surface area (Å²) < 4.78 is 16.0. The third kappa shape index (κ3) is 3.88. The minimum Gasteiger partial charge on any atom is -0.352 e. The molecular weight excluding hydrogens is 406 g/mol. The molecule has 0 radical (unpaired) electrons. The summed E-state index contributed by atoms with van der Waals surface area (Å²) in [5.41, 5.74) is 0.464. The summed E-state index contributed by atoms with van der Waals surface area (Å²) in [7, 11) is 0. The Bertz CT molecular complexity index is 712. The van der Waals surface area contributed by atoms with Crippen molar-refractivity contribution in [2.75, 3.05) is 6.54 Å². The minimum atomic E-state index is -0.352. The van der Waals surface area contributed by atoms with Crippen LogP contribution in [0.1, 0.15) is 23.1 Å². The number of nitrogens with zero attached hydrogens (tertiary/aromatic N) is 2. The Labute approximate surface area is 140 Å². The van der Waals surface area contributed by atoms with Crippen molar-refractivity contribution >= 4 is 40.7 Å². The zero-order valence-electron chi connectivity index (χ0n) is 11.3. The maximum absolute atomic E-state index is 13.0. The van der Waals surface area contributed by atoms with Gasteiger partial charge in [-0.2, -0.15) is 5.10 Å². The predicted molar refractivity (Wildman–Crippen MR) is 88.2 cm³/mol. The predicted octanol–water partition coefficient (Wildman–Crippen LogP) is 2.68. The number of amides is 1. The summed E-state index contributed by atoms with van der Waals surface area (Å²) in [6, 6.07) is 4.09. The Morgan fingerprint density at radius 3 is 3.00 bits per heavy atom. The topological polar surface area (TPSA) is 62.7 Å². The number of hydrogen-bond donors (Lipinski definition) is 2. The van der Waals surface area contributed by atoms with Gasteiger partial charge in [-0.25, -0.2) is 4.39 Å². The molecule has 2 rings (SSSR count). The maximum atomic E-state index is 13.0. The highest BCUT2D eigenvalue weighted by molar-refractivity contribution is 14.1. The Morgan fingerprint density at radius 1 is 1.57 bits per heavy atom. The van der Waals surface area contributed by atoms with Crippen LogP contribution in [-0.2, 0) is 13.0 Å². The fourth-order valence-electron chi connectivity index (χ4n) is 1.92. The number of aromatic nitrogens is 3. The SMILES string of the molecule is CCn1c(CCNC(=O)c2ccc(F)cc2I)n[nH]c1=S. The van der Waals surface area contributed by atoms with E-state index in [0.29, 0.717) is 26.9 Å². The lowest BCUT2D eigenvalue weighted by Gasteiger charge is -2.07. The molecule has 1 aromatic carbocycles. The first kappa shape index (κ1) is 16.1. The van der Waals surface area contributed by atoms with E-state index in [0.717, 1.165) is 12.4 Å². The monoisotopic (exact) mass is 420 g/mol. The summed E-state index contributed by atoms with van der Waals surface area (Å²) in [6.45, 7) is 3.15. The summed E-state index contributed by atoms with van der Waals surface area (Å²) in [5.74, 6) is 0.225. The third-order valence-electron chi connectivity index (χ3n) is 2.96. The molecule has 0 aliphatic carbocycles. The summed E-state index contributed by atoms with van der Waals surface area (Å²) in [4.78, 5) is 12.0. The number of hydrogen-bond acceptors (Lipinski definition) is 3. The van der Waals surface area contributed by atoms with Crippen molar-refractivity contribution in [2.45, 2.75) is 19.9 Å². The van der Waals surface area contributed by atoms with Crippen LogP contribution in [0.3, 0.4) is 0 Å². The van der Waals surface area contributed by atoms with Gasteiger partial charge >= 0.3 is 0 Å². The summed E-state index contributed by atoms with van der Waals surface area (Å²) in [6.07, 6.45) is 0.574. The number of nitrogens with one attached hydrogen (secondary N) is 2. The fraction of sp³-hybridized carbons (Fsp3) is 0.308. The van der Waals surface area contributed by atoms with Gasteiger partial charge in [0.15, 0.2) is 4.77 Å². The number of H-pyrrole nitrogens is 1. The van der Waals surface area contributed by atoms with Crippen LogP contribution in [0.5, 0.6) is 0 Å². The van der Waals surface area contributed by atoms with Gasteiger partial charge in [0, 0.05) is 23.1 Å². The molecule has 2 aromatic rings. The van der Waals surface area contributed by atoms with Crippen LogP contribution in [-0.4, -0.2) is 27.2 Å². The van der Waals surface area contributed by atoms with Crippen LogP contribution in [0.25, 0.3) is 0 Å². The standard InChI is InChI=1S/C13H14FIN4OS/c1-2-19-11(17-18-13(19)21)5-6-16-12(20)9-4-3-8(14)7-10(9)15/h3-4,7H,2,5-6H2,1H3,(H,16,20)(H,18,21). The lowest BCUT2D eigenvalue weighted by atomic mass is 10.2. The van der Waals surface area contributed by atoms with Gasteiger partial charge in [-0.3, -0.25) is 9.89 Å². The second-order valence-electron chi connectivity index (χ2n) is 4.32. The highest BCUT2D eigenvalue weighted by Crippen LogP contribution is 2.13. The first-order valence-electron chi connectivity index (χ1n) is 6.40. The van der Waals surface area contributed by atoms with E-state index in [1.54, 1.807) is 0 Å².